The number of hydrogen-bond acceptors (Lipinski definition) is 4. The molecule has 0 radical (unpaired) electrons. The number of para-hydroxylation sites is 1. The van der Waals surface area contributed by atoms with Crippen molar-refractivity contribution in [2.45, 2.75) is 6.04 Å². The fourth-order valence-corrected chi connectivity index (χ4v) is 3.39. The number of methoxy groups -OCH3 is 1. The Bertz CT molecular complexity index is 758. The van der Waals surface area contributed by atoms with Gasteiger partial charge in [0.2, 0.25) is 0 Å². The first-order valence-electron chi connectivity index (χ1n) is 9.17. The van der Waals surface area contributed by atoms with E-state index in [2.05, 4.69) is 22.2 Å². The van der Waals surface area contributed by atoms with E-state index in [4.69, 9.17) is 4.74 Å². The molecule has 0 bridgehead atoms. The summed E-state index contributed by atoms with van der Waals surface area (Å²) in [5, 5.41) is 3.03. The van der Waals surface area contributed by atoms with Crippen LogP contribution in [-0.4, -0.2) is 62.6 Å². The minimum Gasteiger partial charge on any atom is -0.496 e. The molecule has 1 fully saturated rings. The Balaban J connectivity index is 1.75. The molecule has 144 valence electrons. The van der Waals surface area contributed by atoms with Gasteiger partial charge >= 0.3 is 0 Å². The molecule has 0 saturated carbocycles. The smallest absolute Gasteiger partial charge is 0.255 e. The summed E-state index contributed by atoms with van der Waals surface area (Å²) >= 11 is 0. The topological polar surface area (TPSA) is 44.8 Å². The van der Waals surface area contributed by atoms with E-state index in [0.29, 0.717) is 17.9 Å². The second-order valence-electron chi connectivity index (χ2n) is 6.82. The van der Waals surface area contributed by atoms with Crippen LogP contribution in [0, 0.1) is 5.82 Å². The van der Waals surface area contributed by atoms with E-state index >= 15 is 0 Å². The number of likely N-dealkylation sites (N-methyl/N-ethyl adjacent to an activating group) is 1. The van der Waals surface area contributed by atoms with Gasteiger partial charge in [-0.1, -0.05) is 24.3 Å². The van der Waals surface area contributed by atoms with Gasteiger partial charge in [0.25, 0.3) is 5.91 Å². The van der Waals surface area contributed by atoms with Crippen molar-refractivity contribution < 1.29 is 13.9 Å². The quantitative estimate of drug-likeness (QED) is 0.848. The molecule has 1 N–H and O–H groups in total. The molecule has 6 heteroatoms. The van der Waals surface area contributed by atoms with Gasteiger partial charge in [-0.2, -0.15) is 0 Å². The number of nitrogens with zero attached hydrogens (tertiary/aromatic N) is 2. The minimum absolute atomic E-state index is 0.00189. The van der Waals surface area contributed by atoms with Crippen molar-refractivity contribution in [2.24, 2.45) is 0 Å². The molecular weight excluding hydrogens is 345 g/mol. The van der Waals surface area contributed by atoms with E-state index < -0.39 is 0 Å². The van der Waals surface area contributed by atoms with Gasteiger partial charge in [-0.3, -0.25) is 9.69 Å². The maximum Gasteiger partial charge on any atom is 0.255 e. The van der Waals surface area contributed by atoms with Gasteiger partial charge in [0.1, 0.15) is 11.6 Å². The Morgan fingerprint density at radius 1 is 1.11 bits per heavy atom. The number of amides is 1. The van der Waals surface area contributed by atoms with Crippen molar-refractivity contribution >= 4 is 5.91 Å². The fourth-order valence-electron chi connectivity index (χ4n) is 3.39. The lowest BCUT2D eigenvalue weighted by Crippen LogP contribution is -2.48. The van der Waals surface area contributed by atoms with Crippen LogP contribution in [0.2, 0.25) is 0 Å². The molecule has 0 aromatic heterocycles. The average Bonchev–Trinajstić information content (AvgIpc) is 2.70. The molecule has 0 spiro atoms. The highest BCUT2D eigenvalue weighted by Crippen LogP contribution is 2.23. The largest absolute Gasteiger partial charge is 0.496 e. The molecule has 3 rings (SSSR count). The van der Waals surface area contributed by atoms with Gasteiger partial charge in [-0.05, 0) is 36.9 Å². The van der Waals surface area contributed by atoms with Gasteiger partial charge < -0.3 is 15.0 Å². The molecule has 1 aliphatic rings. The number of halogens is 1. The first-order chi connectivity index (χ1) is 13.1. The highest BCUT2D eigenvalue weighted by Gasteiger charge is 2.25. The molecule has 1 amide bonds. The highest BCUT2D eigenvalue weighted by molar-refractivity contribution is 5.96. The van der Waals surface area contributed by atoms with Crippen LogP contribution in [-0.2, 0) is 0 Å². The van der Waals surface area contributed by atoms with E-state index in [0.717, 1.165) is 31.7 Å². The van der Waals surface area contributed by atoms with Crippen LogP contribution >= 0.6 is 0 Å². The second-order valence-corrected chi connectivity index (χ2v) is 6.82. The lowest BCUT2D eigenvalue weighted by molar-refractivity contribution is 0.0883. The minimum atomic E-state index is -0.256. The Labute approximate surface area is 159 Å². The number of nitrogens with one attached hydrogen (secondary N) is 1. The van der Waals surface area contributed by atoms with Crippen LogP contribution in [0.5, 0.6) is 5.75 Å². The zero-order valence-electron chi connectivity index (χ0n) is 15.8. The monoisotopic (exact) mass is 371 g/mol. The summed E-state index contributed by atoms with van der Waals surface area (Å²) in [6.07, 6.45) is 0. The molecule has 27 heavy (non-hydrogen) atoms. The number of hydrogen-bond donors (Lipinski definition) is 1. The molecular formula is C21H26FN3O2. The Morgan fingerprint density at radius 3 is 2.44 bits per heavy atom. The van der Waals surface area contributed by atoms with Gasteiger partial charge in [0.05, 0.1) is 18.7 Å². The highest BCUT2D eigenvalue weighted by atomic mass is 19.1. The van der Waals surface area contributed by atoms with Crippen LogP contribution < -0.4 is 10.1 Å². The summed E-state index contributed by atoms with van der Waals surface area (Å²) in [5.74, 6) is 0.121. The summed E-state index contributed by atoms with van der Waals surface area (Å²) in [7, 11) is 3.66. The zero-order chi connectivity index (χ0) is 19.2. The predicted octanol–water partition coefficient (Wildman–Crippen LogP) is 2.55. The SMILES string of the molecule is COc1ccccc1C(=O)NC[C@@H](c1ccc(F)cc1)N1CCN(C)CC1. The van der Waals surface area contributed by atoms with Gasteiger partial charge in [-0.15, -0.1) is 0 Å². The Morgan fingerprint density at radius 2 is 1.78 bits per heavy atom. The Kier molecular flexibility index (Phi) is 6.42. The summed E-state index contributed by atoms with van der Waals surface area (Å²) in [6, 6.07) is 13.7. The van der Waals surface area contributed by atoms with Crippen molar-refractivity contribution in [3.8, 4) is 5.75 Å². The molecule has 0 aliphatic carbocycles. The third-order valence-corrected chi connectivity index (χ3v) is 5.04. The van der Waals surface area contributed by atoms with Crippen molar-refractivity contribution in [1.29, 1.82) is 0 Å². The Hall–Kier alpha value is -2.44. The van der Waals surface area contributed by atoms with Gasteiger partial charge in [-0.25, -0.2) is 4.39 Å². The third-order valence-electron chi connectivity index (χ3n) is 5.04. The number of benzene rings is 2. The van der Waals surface area contributed by atoms with Crippen LogP contribution in [0.3, 0.4) is 0 Å². The van der Waals surface area contributed by atoms with Gasteiger partial charge in [0.15, 0.2) is 0 Å². The fraction of sp³-hybridized carbons (Fsp3) is 0.381. The summed E-state index contributed by atoms with van der Waals surface area (Å²) in [5.41, 5.74) is 1.51. The van der Waals surface area contributed by atoms with E-state index in [-0.39, 0.29) is 17.8 Å². The number of ether oxygens (including phenoxy) is 1. The first kappa shape index (κ1) is 19.3. The number of rotatable bonds is 6. The van der Waals surface area contributed by atoms with Crippen molar-refractivity contribution in [3.63, 3.8) is 0 Å². The van der Waals surface area contributed by atoms with E-state index in [1.165, 1.54) is 12.1 Å². The maximum atomic E-state index is 13.4. The molecule has 1 heterocycles. The molecule has 2 aromatic rings. The normalized spacial score (nSPS) is 16.7. The molecule has 1 aliphatic heterocycles. The standard InChI is InChI=1S/C21H26FN3O2/c1-24-11-13-25(14-12-24)19(16-7-9-17(22)10-8-16)15-23-21(26)18-5-3-4-6-20(18)27-2/h3-10,19H,11-15H2,1-2H3,(H,23,26)/t19-/m0/s1. The van der Waals surface area contributed by atoms with E-state index in [1.807, 2.05) is 12.1 Å². The lowest BCUT2D eigenvalue weighted by Gasteiger charge is -2.38. The molecule has 1 atom stereocenters. The number of carbonyl (C=O) groups excluding carboxylic acids is 1. The van der Waals surface area contributed by atoms with Gasteiger partial charge in [0, 0.05) is 32.7 Å². The van der Waals surface area contributed by atoms with Crippen molar-refractivity contribution in [3.05, 3.63) is 65.5 Å². The summed E-state index contributed by atoms with van der Waals surface area (Å²) in [6.45, 7) is 4.20. The molecule has 1 saturated heterocycles. The summed E-state index contributed by atoms with van der Waals surface area (Å²) in [4.78, 5) is 17.3. The average molecular weight is 371 g/mol. The lowest BCUT2D eigenvalue weighted by atomic mass is 10.0. The molecule has 5 nitrogen and oxygen atoms in total. The third kappa shape index (κ3) is 4.84. The van der Waals surface area contributed by atoms with E-state index in [9.17, 15) is 9.18 Å². The van der Waals surface area contributed by atoms with Crippen LogP contribution in [0.4, 0.5) is 4.39 Å². The van der Waals surface area contributed by atoms with Crippen molar-refractivity contribution in [1.82, 2.24) is 15.1 Å². The van der Waals surface area contributed by atoms with E-state index in [1.54, 1.807) is 31.4 Å². The second kappa shape index (κ2) is 8.97. The summed E-state index contributed by atoms with van der Waals surface area (Å²) < 4.78 is 18.6. The predicted molar refractivity (Wildman–Crippen MR) is 104 cm³/mol. The first-order valence-corrected chi connectivity index (χ1v) is 9.17. The molecule has 2 aromatic carbocycles. The van der Waals surface area contributed by atoms with Crippen LogP contribution in [0.1, 0.15) is 22.0 Å². The number of piperazine rings is 1. The number of carbonyl (C=O) groups is 1. The zero-order valence-corrected chi connectivity index (χ0v) is 15.8. The maximum absolute atomic E-state index is 13.4. The molecule has 0 unspecified atom stereocenters. The van der Waals surface area contributed by atoms with Crippen LogP contribution in [0.25, 0.3) is 0 Å². The van der Waals surface area contributed by atoms with Crippen LogP contribution in [0.15, 0.2) is 48.5 Å². The van der Waals surface area contributed by atoms with Crippen molar-refractivity contribution in [2.75, 3.05) is 46.9 Å².